The van der Waals surface area contributed by atoms with Gasteiger partial charge in [0.25, 0.3) is 0 Å². The van der Waals surface area contributed by atoms with E-state index in [1.165, 1.54) is 39.0 Å². The molecule has 0 spiro atoms. The van der Waals surface area contributed by atoms with E-state index >= 15 is 0 Å². The lowest BCUT2D eigenvalue weighted by Gasteiger charge is -2.38. The van der Waals surface area contributed by atoms with Crippen LogP contribution in [0.1, 0.15) is 46.0 Å². The Labute approximate surface area is 109 Å². The highest BCUT2D eigenvalue weighted by Crippen LogP contribution is 2.67. The lowest BCUT2D eigenvalue weighted by Crippen LogP contribution is -2.37. The van der Waals surface area contributed by atoms with Crippen molar-refractivity contribution in [3.8, 4) is 0 Å². The molecule has 4 aliphatic rings. The van der Waals surface area contributed by atoms with Crippen LogP contribution in [0.25, 0.3) is 0 Å². The highest BCUT2D eigenvalue weighted by Gasteiger charge is 2.60. The molecule has 0 saturated heterocycles. The summed E-state index contributed by atoms with van der Waals surface area (Å²) >= 11 is 0. The van der Waals surface area contributed by atoms with Crippen LogP contribution in [0.4, 0.5) is 0 Å². The lowest BCUT2D eigenvalue weighted by molar-refractivity contribution is -0.144. The van der Waals surface area contributed by atoms with Crippen molar-refractivity contribution in [2.75, 3.05) is 13.2 Å². The minimum atomic E-state index is -0.217. The molecule has 4 aliphatic carbocycles. The van der Waals surface area contributed by atoms with Gasteiger partial charge in [0.05, 0.1) is 12.7 Å². The minimum Gasteiger partial charge on any atom is -0.463 e. The number of carbonyl (C=O) groups excluding carboxylic acids is 1. The van der Waals surface area contributed by atoms with Crippen molar-refractivity contribution >= 4 is 5.97 Å². The number of ether oxygens (including phenoxy) is 2. The molecule has 0 aromatic rings. The van der Waals surface area contributed by atoms with Crippen LogP contribution in [-0.2, 0) is 14.3 Å². The van der Waals surface area contributed by atoms with Crippen molar-refractivity contribution in [3.63, 3.8) is 0 Å². The molecular weight excluding hydrogens is 228 g/mol. The summed E-state index contributed by atoms with van der Waals surface area (Å²) in [6, 6.07) is 0. The van der Waals surface area contributed by atoms with E-state index in [4.69, 9.17) is 9.47 Å². The number of esters is 1. The van der Waals surface area contributed by atoms with E-state index in [1.54, 1.807) is 0 Å². The molecule has 4 saturated carbocycles. The van der Waals surface area contributed by atoms with Crippen molar-refractivity contribution in [2.45, 2.75) is 52.1 Å². The maximum Gasteiger partial charge on any atom is 0.302 e. The Bertz CT molecular complexity index is 325. The smallest absolute Gasteiger partial charge is 0.302 e. The topological polar surface area (TPSA) is 35.5 Å². The zero-order valence-corrected chi connectivity index (χ0v) is 11.5. The van der Waals surface area contributed by atoms with E-state index < -0.39 is 0 Å². The molecule has 3 nitrogen and oxygen atoms in total. The second kappa shape index (κ2) is 4.52. The maximum atomic E-state index is 10.7. The molecule has 0 aliphatic heterocycles. The quantitative estimate of drug-likeness (QED) is 0.557. The zero-order chi connectivity index (χ0) is 12.8. The number of hydrogen-bond donors (Lipinski definition) is 0. The first kappa shape index (κ1) is 12.5. The average molecular weight is 252 g/mol. The van der Waals surface area contributed by atoms with Crippen molar-refractivity contribution in [3.05, 3.63) is 0 Å². The molecule has 3 heteroatoms. The van der Waals surface area contributed by atoms with Gasteiger partial charge in [-0.3, -0.25) is 4.79 Å². The van der Waals surface area contributed by atoms with Crippen LogP contribution < -0.4 is 0 Å². The Morgan fingerprint density at radius 3 is 2.50 bits per heavy atom. The van der Waals surface area contributed by atoms with Crippen molar-refractivity contribution in [1.82, 2.24) is 0 Å². The molecule has 3 atom stereocenters. The molecule has 4 rings (SSSR count). The fourth-order valence-electron chi connectivity index (χ4n) is 5.10. The highest BCUT2D eigenvalue weighted by molar-refractivity contribution is 5.65. The first-order valence-corrected chi connectivity index (χ1v) is 7.35. The lowest BCUT2D eigenvalue weighted by atomic mass is 9.72. The summed E-state index contributed by atoms with van der Waals surface area (Å²) in [6.07, 6.45) is 7.43. The molecule has 4 bridgehead atoms. The largest absolute Gasteiger partial charge is 0.463 e. The van der Waals surface area contributed by atoms with Crippen LogP contribution in [0.5, 0.6) is 0 Å². The van der Waals surface area contributed by atoms with Crippen LogP contribution in [0.15, 0.2) is 0 Å². The summed E-state index contributed by atoms with van der Waals surface area (Å²) in [5.41, 5.74) is 0.462. The normalized spacial score (nSPS) is 42.2. The minimum absolute atomic E-state index is 0.217. The predicted molar refractivity (Wildman–Crippen MR) is 68.0 cm³/mol. The molecular formula is C15H24O3. The van der Waals surface area contributed by atoms with Crippen molar-refractivity contribution < 1.29 is 14.3 Å². The second-order valence-corrected chi connectivity index (χ2v) is 6.63. The molecule has 4 fully saturated rings. The van der Waals surface area contributed by atoms with E-state index in [1.807, 2.05) is 0 Å². The Hall–Kier alpha value is -0.570. The van der Waals surface area contributed by atoms with Crippen LogP contribution in [0.2, 0.25) is 0 Å². The second-order valence-electron chi connectivity index (χ2n) is 6.63. The predicted octanol–water partition coefficient (Wildman–Crippen LogP) is 2.78. The maximum absolute atomic E-state index is 10.7. The van der Waals surface area contributed by atoms with Gasteiger partial charge in [0.2, 0.25) is 0 Å². The Balaban J connectivity index is 1.53. The van der Waals surface area contributed by atoms with Crippen LogP contribution in [0, 0.1) is 23.2 Å². The Morgan fingerprint density at radius 2 is 1.89 bits per heavy atom. The molecule has 18 heavy (non-hydrogen) atoms. The van der Waals surface area contributed by atoms with E-state index in [0.29, 0.717) is 24.7 Å². The SMILES string of the molecule is CC(=O)OCCOC(C)C12CC3CC(CC1C3)C2. The van der Waals surface area contributed by atoms with E-state index in [2.05, 4.69) is 6.92 Å². The Morgan fingerprint density at radius 1 is 1.22 bits per heavy atom. The molecule has 0 aromatic heterocycles. The molecule has 0 N–H and O–H groups in total. The molecule has 102 valence electrons. The van der Waals surface area contributed by atoms with Gasteiger partial charge in [0, 0.05) is 6.92 Å². The van der Waals surface area contributed by atoms with Crippen LogP contribution in [-0.4, -0.2) is 25.3 Å². The van der Waals surface area contributed by atoms with Gasteiger partial charge in [-0.05, 0) is 62.2 Å². The zero-order valence-electron chi connectivity index (χ0n) is 11.5. The molecule has 0 radical (unpaired) electrons. The summed E-state index contributed by atoms with van der Waals surface area (Å²) in [4.78, 5) is 10.7. The van der Waals surface area contributed by atoms with Gasteiger partial charge in [-0.25, -0.2) is 0 Å². The molecule has 0 heterocycles. The summed E-state index contributed by atoms with van der Waals surface area (Å²) in [7, 11) is 0. The van der Waals surface area contributed by atoms with E-state index in [0.717, 1.165) is 17.8 Å². The summed E-state index contributed by atoms with van der Waals surface area (Å²) < 4.78 is 10.9. The summed E-state index contributed by atoms with van der Waals surface area (Å²) in [5.74, 6) is 2.64. The number of rotatable bonds is 5. The summed E-state index contributed by atoms with van der Waals surface area (Å²) in [6.45, 7) is 4.62. The Kier molecular flexibility index (Phi) is 3.13. The van der Waals surface area contributed by atoms with Gasteiger partial charge < -0.3 is 9.47 Å². The fraction of sp³-hybridized carbons (Fsp3) is 0.933. The van der Waals surface area contributed by atoms with Crippen molar-refractivity contribution in [2.24, 2.45) is 23.2 Å². The monoisotopic (exact) mass is 252 g/mol. The average Bonchev–Trinajstić information content (AvgIpc) is 2.70. The highest BCUT2D eigenvalue weighted by atomic mass is 16.6. The van der Waals surface area contributed by atoms with Gasteiger partial charge in [0.15, 0.2) is 0 Å². The standard InChI is InChI=1S/C15H24O3/c1-10(17-3-4-18-11(2)16)15-8-12-5-13(9-15)7-14(15)6-12/h10,12-14H,3-9H2,1-2H3. The molecule has 0 aromatic carbocycles. The third-order valence-corrected chi connectivity index (χ3v) is 5.62. The van der Waals surface area contributed by atoms with Crippen LogP contribution in [0.3, 0.4) is 0 Å². The third kappa shape index (κ3) is 1.97. The summed E-state index contributed by atoms with van der Waals surface area (Å²) in [5, 5.41) is 0. The first-order chi connectivity index (χ1) is 8.60. The molecule has 3 unspecified atom stereocenters. The van der Waals surface area contributed by atoms with E-state index in [9.17, 15) is 4.79 Å². The van der Waals surface area contributed by atoms with Crippen molar-refractivity contribution in [1.29, 1.82) is 0 Å². The van der Waals surface area contributed by atoms with Crippen LogP contribution >= 0.6 is 0 Å². The number of hydrogen-bond acceptors (Lipinski definition) is 3. The van der Waals surface area contributed by atoms with Gasteiger partial charge in [-0.1, -0.05) is 0 Å². The van der Waals surface area contributed by atoms with Gasteiger partial charge in [0.1, 0.15) is 6.61 Å². The van der Waals surface area contributed by atoms with E-state index in [-0.39, 0.29) is 5.97 Å². The molecule has 0 amide bonds. The third-order valence-electron chi connectivity index (χ3n) is 5.62. The first-order valence-electron chi connectivity index (χ1n) is 7.35. The van der Waals surface area contributed by atoms with Gasteiger partial charge >= 0.3 is 5.97 Å². The number of carbonyl (C=O) groups is 1. The van der Waals surface area contributed by atoms with Gasteiger partial charge in [-0.2, -0.15) is 0 Å². The fourth-order valence-corrected chi connectivity index (χ4v) is 5.10. The van der Waals surface area contributed by atoms with Gasteiger partial charge in [-0.15, -0.1) is 0 Å².